The number of nitriles is 2. The molecule has 1 aliphatic heterocycles. The standard InChI is InChI=1S/C20H24N6O5.C19H21N5O2.CH4.BF/c1-3-5-9-31-20-23-18(22)17(26(28)29)19(24-20)25(13-16(27)30-4-2)12-15-8-6-7-14(10-15)11-21;1-2-3-7-26-19-22-17(21)16-9-15(25)12-24(18(16)23-19)11-14-6-4-5-13(8-14)10-20;;1-2/h6-8,10H,3-5,9,12-13H2,1-2H3,(H2,22,23,24);4-6,8H,2-3,7,9,11-12H2,1H3,(H2,21,22,23);1H4;. The lowest BCUT2D eigenvalue weighted by atomic mass is 10.0. The number of hydrogen-bond acceptors (Lipinski definition) is 17. The number of aromatic nitrogens is 4. The molecule has 316 valence electrons. The summed E-state index contributed by atoms with van der Waals surface area (Å²) in [5.41, 5.74) is 14.6. The summed E-state index contributed by atoms with van der Waals surface area (Å²) < 4.78 is 25.1. The van der Waals surface area contributed by atoms with E-state index in [1.165, 1.54) is 4.90 Å². The fraction of sp³-hybridized carbons (Fsp3) is 0.400. The third-order valence-electron chi connectivity index (χ3n) is 8.33. The highest BCUT2D eigenvalue weighted by Gasteiger charge is 2.30. The molecule has 0 amide bonds. The summed E-state index contributed by atoms with van der Waals surface area (Å²) in [6, 6.07) is 18.2. The largest absolute Gasteiger partial charge is 0.465 e. The highest BCUT2D eigenvalue weighted by Crippen LogP contribution is 2.34. The van der Waals surface area contributed by atoms with Crippen LogP contribution in [-0.4, -0.2) is 77.6 Å². The van der Waals surface area contributed by atoms with Gasteiger partial charge in [0, 0.05) is 25.1 Å². The minimum atomic E-state index is -0.704. The van der Waals surface area contributed by atoms with Gasteiger partial charge in [-0.15, -0.1) is 0 Å². The van der Waals surface area contributed by atoms with E-state index in [0.29, 0.717) is 47.8 Å². The van der Waals surface area contributed by atoms with Gasteiger partial charge in [-0.05, 0) is 55.2 Å². The van der Waals surface area contributed by atoms with Crippen LogP contribution in [0.2, 0.25) is 0 Å². The first-order valence-electron chi connectivity index (χ1n) is 18.6. The highest BCUT2D eigenvalue weighted by atomic mass is 19.1. The quantitative estimate of drug-likeness (QED) is 0.0437. The lowest BCUT2D eigenvalue weighted by molar-refractivity contribution is -0.383. The number of Topliss-reactive ketones (excluding diaryl/α,β-unsaturated/α-hetero) is 1. The molecule has 1 aliphatic rings. The fourth-order valence-corrected chi connectivity index (χ4v) is 5.64. The minimum absolute atomic E-state index is 0. The molecule has 20 heteroatoms. The number of carbonyl (C=O) groups is 2. The summed E-state index contributed by atoms with van der Waals surface area (Å²) in [4.78, 5) is 55.3. The summed E-state index contributed by atoms with van der Waals surface area (Å²) in [7, 11) is 3.00. The number of nitrogens with zero attached hydrogens (tertiary/aromatic N) is 9. The molecule has 60 heavy (non-hydrogen) atoms. The van der Waals surface area contributed by atoms with E-state index in [2.05, 4.69) is 41.1 Å². The van der Waals surface area contributed by atoms with E-state index >= 15 is 0 Å². The van der Waals surface area contributed by atoms with Gasteiger partial charge in [-0.1, -0.05) is 58.4 Å². The SMILES string of the molecule is C.CCCCOc1nc(N)c([N+](=O)[O-])c(N(CC(=O)OCC)Cc2cccc(C#N)c2)n1.CCCCOc1nc(N)c2c(n1)N(Cc1cccc(C#N)c1)CC(=O)C2.[B]F. The molecule has 0 aliphatic carbocycles. The molecule has 2 aromatic carbocycles. The van der Waals surface area contributed by atoms with Gasteiger partial charge in [-0.2, -0.15) is 30.5 Å². The third-order valence-corrected chi connectivity index (χ3v) is 8.33. The summed E-state index contributed by atoms with van der Waals surface area (Å²) in [6.07, 6.45) is 3.76. The molecule has 18 nitrogen and oxygen atoms in total. The van der Waals surface area contributed by atoms with E-state index in [1.807, 2.05) is 36.1 Å². The Morgan fingerprint density at radius 3 is 2.07 bits per heavy atom. The Balaban J connectivity index is 0.000000395. The van der Waals surface area contributed by atoms with Crippen LogP contribution in [0.4, 0.5) is 33.3 Å². The van der Waals surface area contributed by atoms with Crippen molar-refractivity contribution in [2.45, 2.75) is 73.4 Å². The van der Waals surface area contributed by atoms with Gasteiger partial charge in [0.25, 0.3) is 0 Å². The molecule has 4 aromatic rings. The first kappa shape index (κ1) is 49.1. The monoisotopic (exact) mass is 825 g/mol. The number of benzene rings is 2. The number of anilines is 4. The zero-order valence-corrected chi connectivity index (χ0v) is 33.1. The molecule has 2 aromatic heterocycles. The van der Waals surface area contributed by atoms with Crippen molar-refractivity contribution in [3.8, 4) is 24.2 Å². The van der Waals surface area contributed by atoms with Crippen LogP contribution in [0.1, 0.15) is 81.7 Å². The number of nitrogens with two attached hydrogens (primary N) is 2. The van der Waals surface area contributed by atoms with Crippen LogP contribution in [0.5, 0.6) is 12.0 Å². The maximum Gasteiger partial charge on any atom is 0.353 e. The molecule has 0 saturated carbocycles. The Morgan fingerprint density at radius 1 is 0.933 bits per heavy atom. The lowest BCUT2D eigenvalue weighted by Crippen LogP contribution is -2.36. The van der Waals surface area contributed by atoms with Crippen LogP contribution in [0, 0.1) is 32.8 Å². The molecule has 0 fully saturated rings. The average Bonchev–Trinajstić information content (AvgIpc) is 3.22. The van der Waals surface area contributed by atoms with Gasteiger partial charge in [-0.25, -0.2) is 0 Å². The number of fused-ring (bicyclic) bond motifs is 1. The molecule has 4 N–H and O–H groups in total. The number of ether oxygens (including phenoxy) is 3. The molecule has 2 radical (unpaired) electrons. The van der Waals surface area contributed by atoms with Gasteiger partial charge in [0.1, 0.15) is 18.2 Å². The van der Waals surface area contributed by atoms with Crippen molar-refractivity contribution in [3.05, 3.63) is 86.5 Å². The average molecular weight is 826 g/mol. The van der Waals surface area contributed by atoms with E-state index in [1.54, 1.807) is 37.3 Å². The summed E-state index contributed by atoms with van der Waals surface area (Å²) in [6.45, 7) is 7.13. The van der Waals surface area contributed by atoms with Gasteiger partial charge in [0.2, 0.25) is 11.6 Å². The lowest BCUT2D eigenvalue weighted by Gasteiger charge is -2.30. The number of carbonyl (C=O) groups excluding carboxylic acids is 2. The second kappa shape index (κ2) is 25.3. The Labute approximate surface area is 349 Å². The van der Waals surface area contributed by atoms with Gasteiger partial charge < -0.3 is 39.8 Å². The van der Waals surface area contributed by atoms with Gasteiger partial charge >= 0.3 is 31.8 Å². The summed E-state index contributed by atoms with van der Waals surface area (Å²) >= 11 is 0. The van der Waals surface area contributed by atoms with Crippen molar-refractivity contribution >= 4 is 48.8 Å². The van der Waals surface area contributed by atoms with Crippen molar-refractivity contribution in [3.63, 3.8) is 0 Å². The zero-order valence-electron chi connectivity index (χ0n) is 33.1. The van der Waals surface area contributed by atoms with Crippen molar-refractivity contribution in [2.24, 2.45) is 0 Å². The van der Waals surface area contributed by atoms with Crippen molar-refractivity contribution in [2.75, 3.05) is 54.2 Å². The first-order valence-corrected chi connectivity index (χ1v) is 18.6. The van der Waals surface area contributed by atoms with Crippen LogP contribution < -0.4 is 30.7 Å². The predicted octanol–water partition coefficient (Wildman–Crippen LogP) is 5.50. The maximum atomic E-state index is 12.2. The summed E-state index contributed by atoms with van der Waals surface area (Å²) in [5, 5.41) is 29.9. The second-order valence-corrected chi connectivity index (χ2v) is 12.8. The minimum Gasteiger partial charge on any atom is -0.465 e. The van der Waals surface area contributed by atoms with Crippen molar-refractivity contribution in [1.82, 2.24) is 19.9 Å². The molecule has 0 spiro atoms. The van der Waals surface area contributed by atoms with Crippen LogP contribution >= 0.6 is 0 Å². The van der Waals surface area contributed by atoms with Crippen LogP contribution in [0.3, 0.4) is 0 Å². The zero-order chi connectivity index (χ0) is 43.3. The van der Waals surface area contributed by atoms with Crippen molar-refractivity contribution < 1.29 is 33.0 Å². The van der Waals surface area contributed by atoms with E-state index < -0.39 is 16.6 Å². The van der Waals surface area contributed by atoms with Gasteiger partial charge in [0.15, 0.2) is 5.78 Å². The van der Waals surface area contributed by atoms with Crippen molar-refractivity contribution in [1.29, 1.82) is 10.5 Å². The summed E-state index contributed by atoms with van der Waals surface area (Å²) in [5.74, 6) is -0.167. The Kier molecular flexibility index (Phi) is 20.7. The second-order valence-electron chi connectivity index (χ2n) is 12.8. The number of ketones is 1. The Morgan fingerprint density at radius 2 is 1.50 bits per heavy atom. The topological polar surface area (TPSA) is 263 Å². The molecule has 5 rings (SSSR count). The number of nitrogen functional groups attached to an aromatic ring is 2. The van der Waals surface area contributed by atoms with E-state index in [0.717, 1.165) is 31.2 Å². The van der Waals surface area contributed by atoms with Crippen LogP contribution in [-0.2, 0) is 33.8 Å². The number of halogens is 1. The normalized spacial score (nSPS) is 11.1. The molecular formula is C40H49BFN11O7. The fourth-order valence-electron chi connectivity index (χ4n) is 5.64. The molecule has 0 atom stereocenters. The molecular weight excluding hydrogens is 776 g/mol. The number of nitro groups is 1. The van der Waals surface area contributed by atoms with E-state index in [-0.39, 0.29) is 75.3 Å². The van der Waals surface area contributed by atoms with E-state index in [9.17, 15) is 19.7 Å². The molecule has 0 bridgehead atoms. The predicted molar refractivity (Wildman–Crippen MR) is 224 cm³/mol. The van der Waals surface area contributed by atoms with Gasteiger partial charge in [0.05, 0.1) is 54.6 Å². The molecule has 0 saturated heterocycles. The number of unbranched alkanes of at least 4 members (excludes halogenated alkanes) is 2. The first-order chi connectivity index (χ1) is 28.5. The van der Waals surface area contributed by atoms with Crippen LogP contribution in [0.25, 0.3) is 0 Å². The van der Waals surface area contributed by atoms with Gasteiger partial charge in [-0.3, -0.25) is 19.7 Å². The molecule has 0 unspecified atom stereocenters. The molecule has 3 heterocycles. The highest BCUT2D eigenvalue weighted by molar-refractivity contribution is 5.96. The van der Waals surface area contributed by atoms with E-state index in [4.69, 9.17) is 40.5 Å². The third kappa shape index (κ3) is 14.4. The Bertz CT molecular complexity index is 2150. The maximum absolute atomic E-state index is 12.2. The number of rotatable bonds is 17. The number of hydrogen-bond donors (Lipinski definition) is 2. The smallest absolute Gasteiger partial charge is 0.353 e. The van der Waals surface area contributed by atoms with Crippen LogP contribution in [0.15, 0.2) is 48.5 Å². The number of esters is 1. The Hall–Kier alpha value is -7.09.